The van der Waals surface area contributed by atoms with E-state index in [4.69, 9.17) is 16.3 Å². The highest BCUT2D eigenvalue weighted by Gasteiger charge is 2.17. The topological polar surface area (TPSA) is 22.1 Å². The molecular weight excluding hydrogens is 326 g/mol. The largest absolute Gasteiger partial charge is 0.481 e. The number of ether oxygens (including phenoxy) is 1. The number of pyridine rings is 1. The number of alkyl halides is 3. The van der Waals surface area contributed by atoms with E-state index in [1.807, 2.05) is 22.6 Å². The Morgan fingerprint density at radius 3 is 2.71 bits per heavy atom. The number of halogens is 4. The van der Waals surface area contributed by atoms with E-state index in [0.717, 1.165) is 0 Å². The van der Waals surface area contributed by atoms with Crippen molar-refractivity contribution in [2.75, 3.05) is 7.11 Å². The van der Waals surface area contributed by atoms with Gasteiger partial charge in [0.1, 0.15) is 3.70 Å². The Labute approximate surface area is 98.8 Å². The summed E-state index contributed by atoms with van der Waals surface area (Å²) in [6.07, 6.45) is -2.60. The highest BCUT2D eigenvalue weighted by Crippen LogP contribution is 2.30. The minimum Gasteiger partial charge on any atom is -0.481 e. The first-order chi connectivity index (χ1) is 6.60. The highest BCUT2D eigenvalue weighted by molar-refractivity contribution is 14.1. The molecule has 0 aliphatic heterocycles. The van der Waals surface area contributed by atoms with E-state index in [1.54, 1.807) is 0 Å². The van der Waals surface area contributed by atoms with E-state index in [0.29, 0.717) is 9.26 Å². The van der Waals surface area contributed by atoms with Crippen LogP contribution in [0.25, 0.3) is 0 Å². The summed E-state index contributed by atoms with van der Waals surface area (Å²) >= 11 is 7.50. The van der Waals surface area contributed by atoms with Crippen LogP contribution in [0.3, 0.4) is 0 Å². The highest BCUT2D eigenvalue weighted by atomic mass is 127. The molecule has 2 nitrogen and oxygen atoms in total. The second-order valence-electron chi connectivity index (χ2n) is 2.47. The Balaban J connectivity index is 3.25. The zero-order chi connectivity index (χ0) is 10.7. The molecular formula is C8H7ClF2INO. The normalized spacial score (nSPS) is 10.7. The minimum absolute atomic E-state index is 0.0433. The Kier molecular flexibility index (Phi) is 4.31. The summed E-state index contributed by atoms with van der Waals surface area (Å²) in [5.41, 5.74) is 0.368. The fourth-order valence-electron chi connectivity index (χ4n) is 0.948. The first kappa shape index (κ1) is 11.9. The Hall–Kier alpha value is -0.170. The van der Waals surface area contributed by atoms with E-state index in [2.05, 4.69) is 4.98 Å². The summed E-state index contributed by atoms with van der Waals surface area (Å²) in [5.74, 6) is 0.118. The van der Waals surface area contributed by atoms with Gasteiger partial charge in [-0.25, -0.2) is 13.8 Å². The number of nitrogens with zero attached hydrogens (tertiary/aromatic N) is 1. The average Bonchev–Trinajstić information content (AvgIpc) is 2.16. The van der Waals surface area contributed by atoms with Gasteiger partial charge in [0.25, 0.3) is 6.43 Å². The third-order valence-electron chi connectivity index (χ3n) is 1.61. The van der Waals surface area contributed by atoms with Gasteiger partial charge in [0.05, 0.1) is 12.7 Å². The number of hydrogen-bond acceptors (Lipinski definition) is 2. The number of aromatic nitrogens is 1. The van der Waals surface area contributed by atoms with Crippen LogP contribution in [0.2, 0.25) is 0 Å². The van der Waals surface area contributed by atoms with Gasteiger partial charge in [-0.15, -0.1) is 11.6 Å². The molecule has 0 amide bonds. The second-order valence-corrected chi connectivity index (χ2v) is 3.76. The van der Waals surface area contributed by atoms with Gasteiger partial charge in [0, 0.05) is 5.88 Å². The van der Waals surface area contributed by atoms with E-state index < -0.39 is 6.43 Å². The van der Waals surface area contributed by atoms with Gasteiger partial charge in [-0.05, 0) is 34.2 Å². The third-order valence-corrected chi connectivity index (χ3v) is 2.84. The maximum atomic E-state index is 12.5. The summed E-state index contributed by atoms with van der Waals surface area (Å²) in [6, 6.07) is 1.32. The molecule has 0 fully saturated rings. The molecule has 0 N–H and O–H groups in total. The SMILES string of the molecule is COc1nc(I)c(CCl)cc1C(F)F. The molecule has 6 heteroatoms. The van der Waals surface area contributed by atoms with Gasteiger partial charge in [-0.1, -0.05) is 0 Å². The lowest BCUT2D eigenvalue weighted by Crippen LogP contribution is -2.00. The molecule has 1 rings (SSSR count). The summed E-state index contributed by atoms with van der Waals surface area (Å²) in [7, 11) is 1.31. The monoisotopic (exact) mass is 333 g/mol. The van der Waals surface area contributed by atoms with Crippen molar-refractivity contribution < 1.29 is 13.5 Å². The van der Waals surface area contributed by atoms with Gasteiger partial charge in [-0.3, -0.25) is 0 Å². The van der Waals surface area contributed by atoms with Crippen LogP contribution in [-0.2, 0) is 5.88 Å². The number of methoxy groups -OCH3 is 1. The van der Waals surface area contributed by atoms with Crippen molar-refractivity contribution >= 4 is 34.2 Å². The van der Waals surface area contributed by atoms with Crippen LogP contribution in [0.5, 0.6) is 5.88 Å². The quantitative estimate of drug-likeness (QED) is 0.481. The molecule has 1 aromatic heterocycles. The molecule has 0 atom stereocenters. The second kappa shape index (κ2) is 5.06. The molecule has 1 aromatic rings. The lowest BCUT2D eigenvalue weighted by molar-refractivity contribution is 0.146. The average molecular weight is 334 g/mol. The molecule has 0 saturated heterocycles. The van der Waals surface area contributed by atoms with Gasteiger partial charge < -0.3 is 4.74 Å². The minimum atomic E-state index is -2.60. The molecule has 0 radical (unpaired) electrons. The van der Waals surface area contributed by atoms with Crippen LogP contribution in [0.1, 0.15) is 17.6 Å². The van der Waals surface area contributed by atoms with Crippen molar-refractivity contribution in [2.45, 2.75) is 12.3 Å². The molecule has 0 spiro atoms. The van der Waals surface area contributed by atoms with Crippen LogP contribution >= 0.6 is 34.2 Å². The lowest BCUT2D eigenvalue weighted by atomic mass is 10.2. The molecule has 1 heterocycles. The summed E-state index contributed by atoms with van der Waals surface area (Å²) in [4.78, 5) is 3.88. The Morgan fingerprint density at radius 1 is 1.64 bits per heavy atom. The molecule has 0 saturated carbocycles. The molecule has 14 heavy (non-hydrogen) atoms. The first-order valence-electron chi connectivity index (χ1n) is 3.67. The lowest BCUT2D eigenvalue weighted by Gasteiger charge is -2.09. The first-order valence-corrected chi connectivity index (χ1v) is 5.29. The Bertz CT molecular complexity index is 335. The Morgan fingerprint density at radius 2 is 2.29 bits per heavy atom. The zero-order valence-electron chi connectivity index (χ0n) is 7.23. The van der Waals surface area contributed by atoms with Gasteiger partial charge in [0.2, 0.25) is 5.88 Å². The summed E-state index contributed by atoms with van der Waals surface area (Å²) in [5, 5.41) is 0. The van der Waals surface area contributed by atoms with Gasteiger partial charge >= 0.3 is 0 Å². The smallest absolute Gasteiger partial charge is 0.269 e. The maximum absolute atomic E-state index is 12.5. The van der Waals surface area contributed by atoms with Gasteiger partial charge in [0.15, 0.2) is 0 Å². The standard InChI is InChI=1S/C8H7ClF2INO/c1-14-8-5(6(10)11)2-4(3-9)7(12)13-8/h2,6H,3H2,1H3. The van der Waals surface area contributed by atoms with Crippen LogP contribution in [0.15, 0.2) is 6.07 Å². The number of rotatable bonds is 3. The van der Waals surface area contributed by atoms with Crippen molar-refractivity contribution in [1.82, 2.24) is 4.98 Å². The fourth-order valence-corrected chi connectivity index (χ4v) is 1.94. The molecule has 0 aromatic carbocycles. The van der Waals surface area contributed by atoms with Crippen LogP contribution in [-0.4, -0.2) is 12.1 Å². The predicted molar refractivity (Wildman–Crippen MR) is 58.0 cm³/mol. The van der Waals surface area contributed by atoms with Crippen LogP contribution in [0, 0.1) is 3.70 Å². The third kappa shape index (κ3) is 2.44. The van der Waals surface area contributed by atoms with Crippen molar-refractivity contribution in [3.63, 3.8) is 0 Å². The molecule has 0 unspecified atom stereocenters. The van der Waals surface area contributed by atoms with Crippen molar-refractivity contribution in [3.8, 4) is 5.88 Å². The summed E-state index contributed by atoms with van der Waals surface area (Å²) in [6.45, 7) is 0. The van der Waals surface area contributed by atoms with E-state index in [9.17, 15) is 8.78 Å². The van der Waals surface area contributed by atoms with E-state index in [-0.39, 0.29) is 17.3 Å². The molecule has 0 bridgehead atoms. The van der Waals surface area contributed by atoms with E-state index >= 15 is 0 Å². The van der Waals surface area contributed by atoms with Crippen LogP contribution < -0.4 is 4.74 Å². The fraction of sp³-hybridized carbons (Fsp3) is 0.375. The van der Waals surface area contributed by atoms with Crippen molar-refractivity contribution in [3.05, 3.63) is 20.9 Å². The van der Waals surface area contributed by atoms with Gasteiger partial charge in [-0.2, -0.15) is 0 Å². The molecule has 0 aliphatic carbocycles. The zero-order valence-corrected chi connectivity index (χ0v) is 10.1. The van der Waals surface area contributed by atoms with E-state index in [1.165, 1.54) is 13.2 Å². The molecule has 0 aliphatic rings. The number of hydrogen-bond donors (Lipinski definition) is 0. The van der Waals surface area contributed by atoms with Crippen molar-refractivity contribution in [2.24, 2.45) is 0 Å². The molecule has 78 valence electrons. The van der Waals surface area contributed by atoms with Crippen molar-refractivity contribution in [1.29, 1.82) is 0 Å². The predicted octanol–water partition coefficient (Wildman–Crippen LogP) is 3.37. The maximum Gasteiger partial charge on any atom is 0.269 e. The van der Waals surface area contributed by atoms with Crippen LogP contribution in [0.4, 0.5) is 8.78 Å². The summed E-state index contributed by atoms with van der Waals surface area (Å²) < 4.78 is 30.3.